The van der Waals surface area contributed by atoms with E-state index < -0.39 is 0 Å². The predicted octanol–water partition coefficient (Wildman–Crippen LogP) is 6.18. The minimum absolute atomic E-state index is 0.0848. The lowest BCUT2D eigenvalue weighted by Crippen LogP contribution is -2.26. The molecule has 0 aliphatic heterocycles. The molecule has 3 aromatic carbocycles. The van der Waals surface area contributed by atoms with Crippen molar-refractivity contribution in [2.45, 2.75) is 20.4 Å². The van der Waals surface area contributed by atoms with Gasteiger partial charge in [0.1, 0.15) is 18.2 Å². The number of aryl methyl sites for hydroxylation is 2. The van der Waals surface area contributed by atoms with Crippen molar-refractivity contribution in [3.8, 4) is 17.1 Å². The Morgan fingerprint density at radius 3 is 2.40 bits per heavy atom. The normalized spacial score (nSPS) is 11.1. The fraction of sp³-hybridized carbons (Fsp3) is 0.167. The van der Waals surface area contributed by atoms with Crippen LogP contribution in [0.3, 0.4) is 0 Å². The molecule has 0 amide bonds. The second kappa shape index (κ2) is 8.62. The highest BCUT2D eigenvalue weighted by Gasteiger charge is 2.13. The summed E-state index contributed by atoms with van der Waals surface area (Å²) in [6, 6.07) is 18.8. The van der Waals surface area contributed by atoms with E-state index in [4.69, 9.17) is 21.3 Å². The van der Waals surface area contributed by atoms with Crippen LogP contribution in [0.25, 0.3) is 22.3 Å². The molecule has 0 aliphatic rings. The van der Waals surface area contributed by atoms with Gasteiger partial charge in [0.05, 0.1) is 17.4 Å². The van der Waals surface area contributed by atoms with E-state index in [-0.39, 0.29) is 5.56 Å². The number of hydrogen-bond donors (Lipinski definition) is 0. The van der Waals surface area contributed by atoms with Gasteiger partial charge in [-0.05, 0) is 73.5 Å². The van der Waals surface area contributed by atoms with Crippen molar-refractivity contribution < 1.29 is 4.74 Å². The van der Waals surface area contributed by atoms with E-state index in [2.05, 4.69) is 15.9 Å². The Balaban J connectivity index is 1.72. The third-order valence-electron chi connectivity index (χ3n) is 4.95. The summed E-state index contributed by atoms with van der Waals surface area (Å²) in [6.45, 7) is 4.75. The summed E-state index contributed by atoms with van der Waals surface area (Å²) < 4.78 is 8.77. The number of benzene rings is 3. The van der Waals surface area contributed by atoms with Crippen LogP contribution < -0.4 is 10.3 Å². The van der Waals surface area contributed by atoms with E-state index in [9.17, 15) is 4.79 Å². The highest BCUT2D eigenvalue weighted by atomic mass is 79.9. The molecule has 0 saturated carbocycles. The summed E-state index contributed by atoms with van der Waals surface area (Å²) >= 11 is 9.55. The predicted molar refractivity (Wildman–Crippen MR) is 126 cm³/mol. The molecule has 0 N–H and O–H groups in total. The van der Waals surface area contributed by atoms with Crippen molar-refractivity contribution in [1.82, 2.24) is 9.55 Å². The van der Waals surface area contributed by atoms with E-state index in [1.165, 1.54) is 0 Å². The summed E-state index contributed by atoms with van der Waals surface area (Å²) in [4.78, 5) is 18.0. The highest BCUT2D eigenvalue weighted by molar-refractivity contribution is 9.10. The molecule has 0 radical (unpaired) electrons. The van der Waals surface area contributed by atoms with Crippen molar-refractivity contribution in [2.24, 2.45) is 0 Å². The summed E-state index contributed by atoms with van der Waals surface area (Å²) in [7, 11) is 0. The topological polar surface area (TPSA) is 44.1 Å². The van der Waals surface area contributed by atoms with E-state index in [1.807, 2.05) is 56.3 Å². The lowest BCUT2D eigenvalue weighted by atomic mass is 10.1. The van der Waals surface area contributed by atoms with Crippen LogP contribution in [-0.4, -0.2) is 16.2 Å². The van der Waals surface area contributed by atoms with Gasteiger partial charge in [0.25, 0.3) is 5.56 Å². The number of halogens is 2. The molecule has 4 aromatic rings. The van der Waals surface area contributed by atoms with Gasteiger partial charge in [-0.15, -0.1) is 0 Å². The number of para-hydroxylation sites is 1. The van der Waals surface area contributed by atoms with Crippen molar-refractivity contribution in [2.75, 3.05) is 6.61 Å². The average Bonchev–Trinajstić information content (AvgIpc) is 2.72. The summed E-state index contributed by atoms with van der Waals surface area (Å²) in [5.41, 5.74) is 3.51. The smallest absolute Gasteiger partial charge is 0.261 e. The molecule has 0 unspecified atom stereocenters. The molecule has 30 heavy (non-hydrogen) atoms. The number of ether oxygens (including phenoxy) is 1. The first-order valence-electron chi connectivity index (χ1n) is 9.59. The number of hydrogen-bond acceptors (Lipinski definition) is 3. The number of fused-ring (bicyclic) bond motifs is 1. The van der Waals surface area contributed by atoms with Crippen molar-refractivity contribution >= 4 is 38.4 Å². The van der Waals surface area contributed by atoms with Crippen LogP contribution in [0.4, 0.5) is 0 Å². The fourth-order valence-corrected chi connectivity index (χ4v) is 4.37. The van der Waals surface area contributed by atoms with Gasteiger partial charge >= 0.3 is 0 Å². The molecule has 0 bridgehead atoms. The quantitative estimate of drug-likeness (QED) is 0.341. The van der Waals surface area contributed by atoms with Gasteiger partial charge in [0.2, 0.25) is 0 Å². The summed E-state index contributed by atoms with van der Waals surface area (Å²) in [5, 5.41) is 1.23. The molecular weight excluding hydrogens is 464 g/mol. The molecule has 0 saturated heterocycles. The Kier molecular flexibility index (Phi) is 5.93. The minimum atomic E-state index is -0.0848. The molecule has 0 spiro atoms. The van der Waals surface area contributed by atoms with Crippen molar-refractivity contribution in [1.29, 1.82) is 0 Å². The van der Waals surface area contributed by atoms with Crippen LogP contribution in [0.1, 0.15) is 11.1 Å². The Labute approximate surface area is 188 Å². The van der Waals surface area contributed by atoms with Crippen LogP contribution in [0.5, 0.6) is 5.75 Å². The maximum atomic E-state index is 13.2. The minimum Gasteiger partial charge on any atom is -0.491 e. The van der Waals surface area contributed by atoms with Gasteiger partial charge in [0, 0.05) is 15.1 Å². The van der Waals surface area contributed by atoms with E-state index >= 15 is 0 Å². The second-order valence-electron chi connectivity index (χ2n) is 7.13. The second-order valence-corrected chi connectivity index (χ2v) is 8.49. The molecule has 6 heteroatoms. The van der Waals surface area contributed by atoms with Gasteiger partial charge in [-0.3, -0.25) is 9.36 Å². The summed E-state index contributed by atoms with van der Waals surface area (Å²) in [6.07, 6.45) is 0. The molecule has 0 aliphatic carbocycles. The average molecular weight is 484 g/mol. The van der Waals surface area contributed by atoms with Crippen LogP contribution in [0, 0.1) is 13.8 Å². The maximum Gasteiger partial charge on any atom is 0.261 e. The maximum absolute atomic E-state index is 13.2. The fourth-order valence-electron chi connectivity index (χ4n) is 3.56. The van der Waals surface area contributed by atoms with Gasteiger partial charge in [-0.2, -0.15) is 0 Å². The lowest BCUT2D eigenvalue weighted by molar-refractivity contribution is 0.293. The first-order chi connectivity index (χ1) is 14.4. The molecule has 4 nitrogen and oxygen atoms in total. The van der Waals surface area contributed by atoms with E-state index in [0.29, 0.717) is 34.9 Å². The Bertz CT molecular complexity index is 1260. The summed E-state index contributed by atoms with van der Waals surface area (Å²) in [5.74, 6) is 1.44. The number of aromatic nitrogens is 2. The molecule has 152 valence electrons. The number of rotatable bonds is 5. The monoisotopic (exact) mass is 482 g/mol. The SMILES string of the molecule is Cc1cc(Br)cc(C)c1OCCn1c(-c2ccc(Cl)cc2)nc2ccccc2c1=O. The van der Waals surface area contributed by atoms with Crippen molar-refractivity contribution in [3.63, 3.8) is 0 Å². The van der Waals surface area contributed by atoms with Gasteiger partial charge in [-0.1, -0.05) is 39.7 Å². The Hall–Kier alpha value is -2.63. The number of nitrogens with zero attached hydrogens (tertiary/aromatic N) is 2. The zero-order valence-electron chi connectivity index (χ0n) is 16.7. The van der Waals surface area contributed by atoms with Gasteiger partial charge < -0.3 is 4.74 Å². The standard InChI is InChI=1S/C24H20BrClN2O2/c1-15-13-18(25)14-16(2)22(15)30-12-11-28-23(17-7-9-19(26)10-8-17)27-21-6-4-3-5-20(21)24(28)29/h3-10,13-14H,11-12H2,1-2H3. The van der Waals surface area contributed by atoms with E-state index in [0.717, 1.165) is 26.9 Å². The van der Waals surface area contributed by atoms with E-state index in [1.54, 1.807) is 22.8 Å². The molecule has 4 rings (SSSR count). The zero-order valence-corrected chi connectivity index (χ0v) is 19.0. The van der Waals surface area contributed by atoms with Crippen LogP contribution in [-0.2, 0) is 6.54 Å². The lowest BCUT2D eigenvalue weighted by Gasteiger charge is -2.16. The first kappa shape index (κ1) is 20.6. The zero-order chi connectivity index (χ0) is 21.3. The Morgan fingerprint density at radius 2 is 1.70 bits per heavy atom. The molecule has 1 heterocycles. The molecular formula is C24H20BrClN2O2. The van der Waals surface area contributed by atoms with Crippen molar-refractivity contribution in [3.05, 3.63) is 91.6 Å². The highest BCUT2D eigenvalue weighted by Crippen LogP contribution is 2.27. The molecule has 0 fully saturated rings. The van der Waals surface area contributed by atoms with Gasteiger partial charge in [-0.25, -0.2) is 4.98 Å². The van der Waals surface area contributed by atoms with Crippen LogP contribution in [0.2, 0.25) is 5.02 Å². The Morgan fingerprint density at radius 1 is 1.03 bits per heavy atom. The first-order valence-corrected chi connectivity index (χ1v) is 10.8. The largest absolute Gasteiger partial charge is 0.491 e. The molecule has 1 aromatic heterocycles. The third kappa shape index (κ3) is 4.13. The van der Waals surface area contributed by atoms with Gasteiger partial charge in [0.15, 0.2) is 0 Å². The third-order valence-corrected chi connectivity index (χ3v) is 5.66. The molecule has 0 atom stereocenters. The van der Waals surface area contributed by atoms with Crippen LogP contribution in [0.15, 0.2) is 69.9 Å². The van der Waals surface area contributed by atoms with Crippen LogP contribution >= 0.6 is 27.5 Å².